The Morgan fingerprint density at radius 1 is 1.05 bits per heavy atom. The Bertz CT molecular complexity index is 772. The second-order valence-electron chi connectivity index (χ2n) is 4.23. The molecule has 0 unspecified atom stereocenters. The van der Waals surface area contributed by atoms with Crippen molar-refractivity contribution in [1.82, 2.24) is 4.83 Å². The van der Waals surface area contributed by atoms with Gasteiger partial charge in [-0.3, -0.25) is 0 Å². The van der Waals surface area contributed by atoms with Crippen LogP contribution in [0.5, 0.6) is 0 Å². The maximum Gasteiger partial charge on any atom is 0.276 e. The lowest BCUT2D eigenvalue weighted by atomic mass is 10.1. The molecule has 0 amide bonds. The maximum absolute atomic E-state index is 12.1. The largest absolute Gasteiger partial charge is 0.276 e. The zero-order valence-corrected chi connectivity index (χ0v) is 13.4. The number of hydrogen-bond donors (Lipinski definition) is 1. The molecule has 7 heteroatoms. The van der Waals surface area contributed by atoms with Crippen molar-refractivity contribution in [2.24, 2.45) is 5.10 Å². The lowest BCUT2D eigenvalue weighted by Crippen LogP contribution is -2.20. The molecule has 1 N–H and O–H groups in total. The monoisotopic (exact) mass is 342 g/mol. The number of benzene rings is 2. The summed E-state index contributed by atoms with van der Waals surface area (Å²) >= 11 is 11.8. The molecular weight excluding hydrogens is 331 g/mol. The van der Waals surface area contributed by atoms with Crippen molar-refractivity contribution in [3.63, 3.8) is 0 Å². The maximum atomic E-state index is 12.1. The van der Waals surface area contributed by atoms with Crippen molar-refractivity contribution in [3.05, 3.63) is 64.1 Å². The third-order valence-electron chi connectivity index (χ3n) is 2.72. The van der Waals surface area contributed by atoms with Gasteiger partial charge >= 0.3 is 0 Å². The van der Waals surface area contributed by atoms with Crippen LogP contribution < -0.4 is 4.83 Å². The molecule has 110 valence electrons. The van der Waals surface area contributed by atoms with Crippen LogP contribution in [0.1, 0.15) is 12.5 Å². The van der Waals surface area contributed by atoms with Crippen LogP contribution in [-0.2, 0) is 10.0 Å². The van der Waals surface area contributed by atoms with Crippen LogP contribution in [0.25, 0.3) is 0 Å². The number of sulfonamides is 1. The molecule has 0 saturated heterocycles. The van der Waals surface area contributed by atoms with Crippen molar-refractivity contribution in [2.75, 3.05) is 0 Å². The number of rotatable bonds is 4. The Hall–Kier alpha value is -1.56. The van der Waals surface area contributed by atoms with Gasteiger partial charge in [0.1, 0.15) is 0 Å². The SMILES string of the molecule is C/C(=N/NS(=O)(=O)c1ccc(Cl)cc1)c1ccccc1Cl. The normalized spacial score (nSPS) is 12.2. The van der Waals surface area contributed by atoms with Gasteiger partial charge in [0.05, 0.1) is 10.6 Å². The fourth-order valence-electron chi connectivity index (χ4n) is 1.61. The van der Waals surface area contributed by atoms with E-state index in [1.807, 2.05) is 0 Å². The van der Waals surface area contributed by atoms with E-state index in [1.54, 1.807) is 31.2 Å². The number of nitrogens with zero attached hydrogens (tertiary/aromatic N) is 1. The summed E-state index contributed by atoms with van der Waals surface area (Å²) in [4.78, 5) is 2.26. The van der Waals surface area contributed by atoms with Gasteiger partial charge in [-0.1, -0.05) is 41.4 Å². The van der Waals surface area contributed by atoms with E-state index in [9.17, 15) is 8.42 Å². The highest BCUT2D eigenvalue weighted by molar-refractivity contribution is 7.89. The summed E-state index contributed by atoms with van der Waals surface area (Å²) in [5.41, 5.74) is 1.14. The van der Waals surface area contributed by atoms with E-state index in [0.29, 0.717) is 21.3 Å². The summed E-state index contributed by atoms with van der Waals surface area (Å²) in [6.07, 6.45) is 0. The first kappa shape index (κ1) is 15.8. The van der Waals surface area contributed by atoms with E-state index in [4.69, 9.17) is 23.2 Å². The average Bonchev–Trinajstić information content (AvgIpc) is 2.46. The first-order valence-corrected chi connectivity index (χ1v) is 8.20. The summed E-state index contributed by atoms with van der Waals surface area (Å²) in [7, 11) is -3.73. The quantitative estimate of drug-likeness (QED) is 0.680. The summed E-state index contributed by atoms with van der Waals surface area (Å²) in [6.45, 7) is 1.67. The van der Waals surface area contributed by atoms with Crippen molar-refractivity contribution in [2.45, 2.75) is 11.8 Å². The number of nitrogens with one attached hydrogen (secondary N) is 1. The molecule has 2 aromatic carbocycles. The van der Waals surface area contributed by atoms with Crippen molar-refractivity contribution in [1.29, 1.82) is 0 Å². The Balaban J connectivity index is 2.23. The molecule has 0 aromatic heterocycles. The molecule has 2 rings (SSSR count). The fourth-order valence-corrected chi connectivity index (χ4v) is 2.87. The lowest BCUT2D eigenvalue weighted by Gasteiger charge is -2.06. The molecule has 0 bridgehead atoms. The third-order valence-corrected chi connectivity index (χ3v) is 4.53. The Morgan fingerprint density at radius 2 is 1.67 bits per heavy atom. The second-order valence-corrected chi connectivity index (χ2v) is 6.73. The van der Waals surface area contributed by atoms with Gasteiger partial charge < -0.3 is 0 Å². The third kappa shape index (κ3) is 3.97. The molecule has 0 aliphatic carbocycles. The van der Waals surface area contributed by atoms with Crippen molar-refractivity contribution >= 4 is 38.9 Å². The van der Waals surface area contributed by atoms with Crippen LogP contribution in [0.4, 0.5) is 0 Å². The zero-order chi connectivity index (χ0) is 15.5. The molecule has 0 aliphatic heterocycles. The highest BCUT2D eigenvalue weighted by Crippen LogP contribution is 2.16. The van der Waals surface area contributed by atoms with Gasteiger partial charge in [0.2, 0.25) is 0 Å². The smallest absolute Gasteiger partial charge is 0.200 e. The summed E-state index contributed by atoms with van der Waals surface area (Å²) < 4.78 is 24.1. The predicted octanol–water partition coefficient (Wildman–Crippen LogP) is 3.70. The van der Waals surface area contributed by atoms with E-state index in [-0.39, 0.29) is 4.90 Å². The first-order chi connectivity index (χ1) is 9.90. The van der Waals surface area contributed by atoms with E-state index < -0.39 is 10.0 Å². The highest BCUT2D eigenvalue weighted by atomic mass is 35.5. The summed E-state index contributed by atoms with van der Waals surface area (Å²) in [5.74, 6) is 0. The molecule has 0 spiro atoms. The number of halogens is 2. The van der Waals surface area contributed by atoms with Crippen LogP contribution in [0.3, 0.4) is 0 Å². The van der Waals surface area contributed by atoms with E-state index in [2.05, 4.69) is 9.93 Å². The molecule has 0 fully saturated rings. The van der Waals surface area contributed by atoms with Gasteiger partial charge in [0.25, 0.3) is 10.0 Å². The zero-order valence-electron chi connectivity index (χ0n) is 11.0. The molecule has 0 heterocycles. The summed E-state index contributed by atoms with van der Waals surface area (Å²) in [6, 6.07) is 12.9. The fraction of sp³-hybridized carbons (Fsp3) is 0.0714. The Morgan fingerprint density at radius 3 is 2.29 bits per heavy atom. The molecule has 0 aliphatic rings. The van der Waals surface area contributed by atoms with Gasteiger partial charge in [-0.2, -0.15) is 18.4 Å². The molecule has 0 radical (unpaired) electrons. The first-order valence-electron chi connectivity index (χ1n) is 5.97. The topological polar surface area (TPSA) is 58.5 Å². The number of hydrazone groups is 1. The van der Waals surface area contributed by atoms with Crippen LogP contribution in [0, 0.1) is 0 Å². The minimum atomic E-state index is -3.73. The molecule has 0 atom stereocenters. The van der Waals surface area contributed by atoms with Crippen LogP contribution in [0.15, 0.2) is 58.5 Å². The van der Waals surface area contributed by atoms with Crippen LogP contribution in [0.2, 0.25) is 10.0 Å². The van der Waals surface area contributed by atoms with Crippen molar-refractivity contribution in [3.8, 4) is 0 Å². The Kier molecular flexibility index (Phi) is 4.88. The van der Waals surface area contributed by atoms with Gasteiger partial charge in [-0.15, -0.1) is 0 Å². The predicted molar refractivity (Wildman–Crippen MR) is 85.4 cm³/mol. The molecular formula is C14H12Cl2N2O2S. The lowest BCUT2D eigenvalue weighted by molar-refractivity contribution is 0.584. The Labute approximate surface area is 133 Å². The standard InChI is InChI=1S/C14H12Cl2N2O2S/c1-10(13-4-2-3-5-14(13)16)17-18-21(19,20)12-8-6-11(15)7-9-12/h2-9,18H,1H3/b17-10-. The van der Waals surface area contributed by atoms with E-state index in [1.165, 1.54) is 24.3 Å². The second kappa shape index (κ2) is 6.47. The number of hydrogen-bond acceptors (Lipinski definition) is 3. The van der Waals surface area contributed by atoms with E-state index >= 15 is 0 Å². The van der Waals surface area contributed by atoms with Crippen LogP contribution >= 0.6 is 23.2 Å². The van der Waals surface area contributed by atoms with Gasteiger partial charge in [0.15, 0.2) is 0 Å². The summed E-state index contributed by atoms with van der Waals surface area (Å²) in [5, 5.41) is 4.85. The molecule has 21 heavy (non-hydrogen) atoms. The van der Waals surface area contributed by atoms with E-state index in [0.717, 1.165) is 0 Å². The minimum Gasteiger partial charge on any atom is -0.200 e. The van der Waals surface area contributed by atoms with Gasteiger partial charge in [-0.25, -0.2) is 0 Å². The average molecular weight is 343 g/mol. The van der Waals surface area contributed by atoms with Crippen LogP contribution in [-0.4, -0.2) is 14.1 Å². The van der Waals surface area contributed by atoms with Crippen molar-refractivity contribution < 1.29 is 8.42 Å². The van der Waals surface area contributed by atoms with Gasteiger partial charge in [0, 0.05) is 15.6 Å². The molecule has 0 saturated carbocycles. The molecule has 4 nitrogen and oxygen atoms in total. The minimum absolute atomic E-state index is 0.0857. The molecule has 2 aromatic rings. The van der Waals surface area contributed by atoms with Gasteiger partial charge in [-0.05, 0) is 37.3 Å². The highest BCUT2D eigenvalue weighted by Gasteiger charge is 2.13.